The van der Waals surface area contributed by atoms with Crippen molar-refractivity contribution in [3.05, 3.63) is 51.2 Å². The van der Waals surface area contributed by atoms with E-state index in [-0.39, 0.29) is 24.2 Å². The Morgan fingerprint density at radius 3 is 2.59 bits per heavy atom. The van der Waals surface area contributed by atoms with Crippen LogP contribution in [0.25, 0.3) is 0 Å². The van der Waals surface area contributed by atoms with Gasteiger partial charge in [-0.1, -0.05) is 12.1 Å². The highest BCUT2D eigenvalue weighted by Gasteiger charge is 2.24. The Morgan fingerprint density at radius 2 is 1.93 bits per heavy atom. The van der Waals surface area contributed by atoms with E-state index in [2.05, 4.69) is 4.98 Å². The molecule has 0 spiro atoms. The number of thiazole rings is 1. The Hall–Kier alpha value is -2.32. The van der Waals surface area contributed by atoms with Crippen molar-refractivity contribution in [2.75, 3.05) is 39.9 Å². The molecule has 144 valence electrons. The smallest absolute Gasteiger partial charge is 0.266 e. The van der Waals surface area contributed by atoms with Gasteiger partial charge in [-0.3, -0.25) is 9.59 Å². The van der Waals surface area contributed by atoms with Crippen LogP contribution in [0, 0.1) is 12.7 Å². The number of aromatic nitrogens is 1. The first-order valence-electron chi connectivity index (χ1n) is 8.76. The number of hydrogen-bond acceptors (Lipinski definition) is 5. The van der Waals surface area contributed by atoms with Gasteiger partial charge in [0, 0.05) is 26.6 Å². The van der Waals surface area contributed by atoms with E-state index in [0.29, 0.717) is 43.3 Å². The van der Waals surface area contributed by atoms with Gasteiger partial charge in [0.2, 0.25) is 5.91 Å². The van der Waals surface area contributed by atoms with Gasteiger partial charge in [0.1, 0.15) is 10.7 Å². The van der Waals surface area contributed by atoms with Crippen molar-refractivity contribution in [2.24, 2.45) is 0 Å². The van der Waals surface area contributed by atoms with Crippen LogP contribution in [0.4, 0.5) is 4.39 Å². The van der Waals surface area contributed by atoms with Gasteiger partial charge in [0.15, 0.2) is 0 Å². The quantitative estimate of drug-likeness (QED) is 0.783. The monoisotopic (exact) mass is 391 g/mol. The number of morpholine rings is 1. The maximum atomic E-state index is 13.0. The third kappa shape index (κ3) is 4.90. The van der Waals surface area contributed by atoms with Crippen molar-refractivity contribution in [2.45, 2.75) is 13.3 Å². The molecule has 0 atom stereocenters. The van der Waals surface area contributed by atoms with Crippen LogP contribution in [0.2, 0.25) is 0 Å². The standard InChI is InChI=1S/C19H22FN3O3S/c1-13-18(27-16(21-13)11-14-3-5-15(20)6-4-14)19(25)22(2)12-17(24)23-7-9-26-10-8-23/h3-6H,7-12H2,1-2H3. The summed E-state index contributed by atoms with van der Waals surface area (Å²) in [5.41, 5.74) is 1.58. The zero-order valence-corrected chi connectivity index (χ0v) is 16.2. The van der Waals surface area contributed by atoms with Gasteiger partial charge in [0.25, 0.3) is 5.91 Å². The summed E-state index contributed by atoms with van der Waals surface area (Å²) >= 11 is 1.32. The molecule has 0 saturated carbocycles. The van der Waals surface area contributed by atoms with Gasteiger partial charge >= 0.3 is 0 Å². The average Bonchev–Trinajstić information content (AvgIpc) is 3.03. The van der Waals surface area contributed by atoms with E-state index >= 15 is 0 Å². The number of halogens is 1. The molecule has 8 heteroatoms. The lowest BCUT2D eigenvalue weighted by Crippen LogP contribution is -2.46. The van der Waals surface area contributed by atoms with Gasteiger partial charge in [0.05, 0.1) is 30.5 Å². The molecule has 1 saturated heterocycles. The molecule has 2 amide bonds. The number of amides is 2. The third-order valence-electron chi connectivity index (χ3n) is 4.39. The molecule has 2 aromatic rings. The molecule has 0 bridgehead atoms. The minimum Gasteiger partial charge on any atom is -0.378 e. The fourth-order valence-electron chi connectivity index (χ4n) is 2.86. The molecule has 1 aromatic heterocycles. The van der Waals surface area contributed by atoms with E-state index < -0.39 is 0 Å². The van der Waals surface area contributed by atoms with Crippen molar-refractivity contribution in [1.29, 1.82) is 0 Å². The Morgan fingerprint density at radius 1 is 1.26 bits per heavy atom. The third-order valence-corrected chi connectivity index (χ3v) is 5.53. The van der Waals surface area contributed by atoms with Crippen LogP contribution in [0.3, 0.4) is 0 Å². The molecule has 0 N–H and O–H groups in total. The molecule has 2 heterocycles. The SMILES string of the molecule is Cc1nc(Cc2ccc(F)cc2)sc1C(=O)N(C)CC(=O)N1CCOCC1. The summed E-state index contributed by atoms with van der Waals surface area (Å²) in [4.78, 5) is 33.2. The molecule has 1 aliphatic rings. The lowest BCUT2D eigenvalue weighted by molar-refractivity contribution is -0.135. The second-order valence-electron chi connectivity index (χ2n) is 6.48. The van der Waals surface area contributed by atoms with Crippen LogP contribution < -0.4 is 0 Å². The Bertz CT molecular complexity index is 816. The Kier molecular flexibility index (Phi) is 6.18. The number of carbonyl (C=O) groups is 2. The van der Waals surface area contributed by atoms with E-state index in [1.807, 2.05) is 0 Å². The summed E-state index contributed by atoms with van der Waals surface area (Å²) in [6.45, 7) is 4.00. The molecule has 6 nitrogen and oxygen atoms in total. The summed E-state index contributed by atoms with van der Waals surface area (Å²) in [5, 5.41) is 0.787. The van der Waals surface area contributed by atoms with Crippen molar-refractivity contribution >= 4 is 23.2 Å². The van der Waals surface area contributed by atoms with E-state index in [1.165, 1.54) is 28.4 Å². The van der Waals surface area contributed by atoms with Crippen molar-refractivity contribution < 1.29 is 18.7 Å². The molecule has 1 aromatic carbocycles. The summed E-state index contributed by atoms with van der Waals surface area (Å²) in [5.74, 6) is -0.573. The van der Waals surface area contributed by atoms with Crippen LogP contribution in [0.1, 0.15) is 25.9 Å². The molecule has 0 aliphatic carbocycles. The maximum Gasteiger partial charge on any atom is 0.266 e. The molecule has 3 rings (SSSR count). The second kappa shape index (κ2) is 8.58. The first kappa shape index (κ1) is 19.4. The Labute approximate surface area is 161 Å². The lowest BCUT2D eigenvalue weighted by atomic mass is 10.1. The highest BCUT2D eigenvalue weighted by molar-refractivity contribution is 7.13. The normalized spacial score (nSPS) is 14.3. The average molecular weight is 391 g/mol. The van der Waals surface area contributed by atoms with Gasteiger partial charge in [-0.05, 0) is 24.6 Å². The number of nitrogens with zero attached hydrogens (tertiary/aromatic N) is 3. The highest BCUT2D eigenvalue weighted by atomic mass is 32.1. The van der Waals surface area contributed by atoms with E-state index in [0.717, 1.165) is 10.6 Å². The van der Waals surface area contributed by atoms with E-state index in [1.54, 1.807) is 31.0 Å². The number of ether oxygens (including phenoxy) is 1. The zero-order chi connectivity index (χ0) is 19.4. The molecule has 1 aliphatic heterocycles. The lowest BCUT2D eigenvalue weighted by Gasteiger charge is -2.28. The van der Waals surface area contributed by atoms with Crippen LogP contribution in [0.5, 0.6) is 0 Å². The highest BCUT2D eigenvalue weighted by Crippen LogP contribution is 2.22. The van der Waals surface area contributed by atoms with E-state index in [4.69, 9.17) is 4.74 Å². The number of benzene rings is 1. The topological polar surface area (TPSA) is 62.7 Å². The predicted octanol–water partition coefficient (Wildman–Crippen LogP) is 2.11. The maximum absolute atomic E-state index is 13.0. The van der Waals surface area contributed by atoms with E-state index in [9.17, 15) is 14.0 Å². The first-order chi connectivity index (χ1) is 12.9. The fraction of sp³-hybridized carbons (Fsp3) is 0.421. The van der Waals surface area contributed by atoms with Gasteiger partial charge in [-0.2, -0.15) is 0 Å². The number of rotatable bonds is 5. The van der Waals surface area contributed by atoms with Crippen molar-refractivity contribution in [1.82, 2.24) is 14.8 Å². The molecule has 1 fully saturated rings. The second-order valence-corrected chi connectivity index (χ2v) is 7.56. The van der Waals surface area contributed by atoms with Gasteiger partial charge in [-0.15, -0.1) is 11.3 Å². The minimum absolute atomic E-state index is 0.0312. The fourth-order valence-corrected chi connectivity index (χ4v) is 3.96. The van der Waals surface area contributed by atoms with Crippen LogP contribution in [-0.4, -0.2) is 66.5 Å². The molecule has 0 unspecified atom stereocenters. The molecule has 0 radical (unpaired) electrons. The molecular weight excluding hydrogens is 369 g/mol. The predicted molar refractivity (Wildman–Crippen MR) is 100 cm³/mol. The largest absolute Gasteiger partial charge is 0.378 e. The summed E-state index contributed by atoms with van der Waals surface area (Å²) in [6, 6.07) is 6.24. The number of carbonyl (C=O) groups excluding carboxylic acids is 2. The Balaban J connectivity index is 1.64. The van der Waals surface area contributed by atoms with Crippen LogP contribution in [-0.2, 0) is 16.0 Å². The molecule has 27 heavy (non-hydrogen) atoms. The minimum atomic E-state index is -0.281. The molecular formula is C19H22FN3O3S. The number of hydrogen-bond donors (Lipinski definition) is 0. The first-order valence-corrected chi connectivity index (χ1v) is 9.57. The van der Waals surface area contributed by atoms with Crippen molar-refractivity contribution in [3.63, 3.8) is 0 Å². The van der Waals surface area contributed by atoms with Gasteiger partial charge in [-0.25, -0.2) is 9.37 Å². The zero-order valence-electron chi connectivity index (χ0n) is 15.4. The summed E-state index contributed by atoms with van der Waals surface area (Å²) in [7, 11) is 1.62. The van der Waals surface area contributed by atoms with Gasteiger partial charge < -0.3 is 14.5 Å². The number of likely N-dealkylation sites (N-methyl/N-ethyl adjacent to an activating group) is 1. The summed E-state index contributed by atoms with van der Waals surface area (Å²) in [6.07, 6.45) is 0.537. The summed E-state index contributed by atoms with van der Waals surface area (Å²) < 4.78 is 18.3. The van der Waals surface area contributed by atoms with Crippen LogP contribution >= 0.6 is 11.3 Å². The van der Waals surface area contributed by atoms with Crippen LogP contribution in [0.15, 0.2) is 24.3 Å². The van der Waals surface area contributed by atoms with Crippen molar-refractivity contribution in [3.8, 4) is 0 Å². The number of aryl methyl sites for hydroxylation is 1.